The lowest BCUT2D eigenvalue weighted by Crippen LogP contribution is -2.56. The third kappa shape index (κ3) is 1.74. The lowest BCUT2D eigenvalue weighted by molar-refractivity contribution is -0.152. The third-order valence-electron chi connectivity index (χ3n) is 10.0. The van der Waals surface area contributed by atoms with Gasteiger partial charge >= 0.3 is 0 Å². The highest BCUT2D eigenvalue weighted by Crippen LogP contribution is 2.77. The standard InChI is InChI=1S/C22H34O3/c1-13(23)22-20(3)10-8-17-16(18(20)12-21(22,4)25-22)6-5-14-11-15(24)7-9-19(14,17)2/h14-18,24H,5-12H2,1-4H3. The molecule has 0 bridgehead atoms. The molecule has 0 aromatic rings. The van der Waals surface area contributed by atoms with E-state index in [1.165, 1.54) is 25.7 Å². The third-order valence-corrected chi connectivity index (χ3v) is 10.0. The van der Waals surface area contributed by atoms with Crippen LogP contribution in [0.1, 0.15) is 79.1 Å². The van der Waals surface area contributed by atoms with Gasteiger partial charge in [0.05, 0.1) is 6.10 Å². The topological polar surface area (TPSA) is 49.8 Å². The first kappa shape index (κ1) is 16.7. The van der Waals surface area contributed by atoms with Gasteiger partial charge in [-0.2, -0.15) is 0 Å². The molecule has 1 aliphatic heterocycles. The highest BCUT2D eigenvalue weighted by molar-refractivity contribution is 5.91. The largest absolute Gasteiger partial charge is 0.393 e. The van der Waals surface area contributed by atoms with Gasteiger partial charge in [0.1, 0.15) is 5.60 Å². The summed E-state index contributed by atoms with van der Waals surface area (Å²) in [7, 11) is 0. The van der Waals surface area contributed by atoms with Crippen LogP contribution in [0.25, 0.3) is 0 Å². The van der Waals surface area contributed by atoms with E-state index >= 15 is 0 Å². The fourth-order valence-corrected chi connectivity index (χ4v) is 8.85. The molecule has 5 rings (SSSR count). The van der Waals surface area contributed by atoms with Gasteiger partial charge in [0.2, 0.25) is 0 Å². The quantitative estimate of drug-likeness (QED) is 0.727. The second kappa shape index (κ2) is 4.70. The summed E-state index contributed by atoms with van der Waals surface area (Å²) in [6, 6.07) is 0. The van der Waals surface area contributed by atoms with Crippen molar-refractivity contribution in [1.29, 1.82) is 0 Å². The van der Waals surface area contributed by atoms with E-state index in [0.29, 0.717) is 17.3 Å². The fraction of sp³-hybridized carbons (Fsp3) is 0.955. The molecular formula is C22H34O3. The molecule has 0 aromatic heterocycles. The Morgan fingerprint density at radius 3 is 2.52 bits per heavy atom. The van der Waals surface area contributed by atoms with Crippen molar-refractivity contribution in [2.45, 2.75) is 96.4 Å². The fourth-order valence-electron chi connectivity index (χ4n) is 8.85. The normalized spacial score (nSPS) is 62.4. The van der Waals surface area contributed by atoms with Crippen LogP contribution in [0.3, 0.4) is 0 Å². The van der Waals surface area contributed by atoms with Gasteiger partial charge < -0.3 is 9.84 Å². The number of hydrogen-bond acceptors (Lipinski definition) is 3. The van der Waals surface area contributed by atoms with E-state index in [1.54, 1.807) is 6.92 Å². The summed E-state index contributed by atoms with van der Waals surface area (Å²) in [5, 5.41) is 10.2. The van der Waals surface area contributed by atoms with Crippen LogP contribution in [0.4, 0.5) is 0 Å². The molecular weight excluding hydrogens is 312 g/mol. The van der Waals surface area contributed by atoms with Crippen molar-refractivity contribution >= 4 is 5.78 Å². The average molecular weight is 347 g/mol. The summed E-state index contributed by atoms with van der Waals surface area (Å²) in [4.78, 5) is 12.6. The second-order valence-corrected chi connectivity index (χ2v) is 10.8. The van der Waals surface area contributed by atoms with Gasteiger partial charge in [-0.1, -0.05) is 13.8 Å². The summed E-state index contributed by atoms with van der Waals surface area (Å²) in [5.41, 5.74) is -0.253. The van der Waals surface area contributed by atoms with Crippen molar-refractivity contribution in [2.75, 3.05) is 0 Å². The number of carbonyl (C=O) groups is 1. The van der Waals surface area contributed by atoms with Crippen LogP contribution in [-0.4, -0.2) is 28.2 Å². The molecule has 9 unspecified atom stereocenters. The zero-order valence-electron chi connectivity index (χ0n) is 16.3. The van der Waals surface area contributed by atoms with Crippen LogP contribution < -0.4 is 0 Å². The molecule has 140 valence electrons. The summed E-state index contributed by atoms with van der Waals surface area (Å²) in [5.74, 6) is 3.13. The predicted octanol–water partition coefficient (Wildman–Crippen LogP) is 4.12. The number of fused-ring (bicyclic) bond motifs is 7. The van der Waals surface area contributed by atoms with Crippen molar-refractivity contribution in [1.82, 2.24) is 0 Å². The lowest BCUT2D eigenvalue weighted by Gasteiger charge is -2.61. The zero-order valence-corrected chi connectivity index (χ0v) is 16.3. The molecule has 5 aliphatic rings. The first-order valence-electron chi connectivity index (χ1n) is 10.6. The van der Waals surface area contributed by atoms with E-state index < -0.39 is 5.60 Å². The van der Waals surface area contributed by atoms with E-state index in [2.05, 4.69) is 20.8 Å². The average Bonchev–Trinajstić information content (AvgIpc) is 3.13. The molecule has 5 fully saturated rings. The van der Waals surface area contributed by atoms with E-state index in [-0.39, 0.29) is 22.9 Å². The van der Waals surface area contributed by atoms with Crippen molar-refractivity contribution in [3.63, 3.8) is 0 Å². The van der Waals surface area contributed by atoms with Crippen molar-refractivity contribution in [3.05, 3.63) is 0 Å². The predicted molar refractivity (Wildman–Crippen MR) is 96.0 cm³/mol. The molecule has 1 N–H and O–H groups in total. The Balaban J connectivity index is 1.49. The molecule has 25 heavy (non-hydrogen) atoms. The number of ketones is 1. The number of ether oxygens (including phenoxy) is 1. The molecule has 9 atom stereocenters. The maximum absolute atomic E-state index is 12.6. The Bertz CT molecular complexity index is 631. The van der Waals surface area contributed by atoms with Gasteiger partial charge in [0, 0.05) is 5.41 Å². The van der Waals surface area contributed by atoms with Gasteiger partial charge in [0.15, 0.2) is 11.4 Å². The Morgan fingerprint density at radius 2 is 1.80 bits per heavy atom. The first-order chi connectivity index (χ1) is 11.7. The summed E-state index contributed by atoms with van der Waals surface area (Å²) in [6.07, 6.45) is 9.14. The maximum atomic E-state index is 12.6. The minimum Gasteiger partial charge on any atom is -0.393 e. The number of rotatable bonds is 1. The molecule has 4 aliphatic carbocycles. The molecule has 1 heterocycles. The molecule has 3 heteroatoms. The van der Waals surface area contributed by atoms with E-state index in [0.717, 1.165) is 37.5 Å². The molecule has 3 nitrogen and oxygen atoms in total. The minimum atomic E-state index is -0.490. The molecule has 0 amide bonds. The van der Waals surface area contributed by atoms with E-state index in [1.807, 2.05) is 0 Å². The number of Topliss-reactive ketones (excluding diaryl/α,β-unsaturated/α-hetero) is 1. The number of epoxide rings is 1. The van der Waals surface area contributed by atoms with Crippen LogP contribution in [0.2, 0.25) is 0 Å². The van der Waals surface area contributed by atoms with Gasteiger partial charge in [-0.15, -0.1) is 0 Å². The number of hydrogen-bond donors (Lipinski definition) is 1. The molecule has 0 aromatic carbocycles. The van der Waals surface area contributed by atoms with E-state index in [9.17, 15) is 9.90 Å². The minimum absolute atomic E-state index is 0.0339. The van der Waals surface area contributed by atoms with Gasteiger partial charge in [-0.05, 0) is 94.3 Å². The molecule has 0 spiro atoms. The summed E-state index contributed by atoms with van der Waals surface area (Å²) < 4.78 is 6.20. The molecule has 4 saturated carbocycles. The Kier molecular flexibility index (Phi) is 3.15. The summed E-state index contributed by atoms with van der Waals surface area (Å²) in [6.45, 7) is 8.84. The lowest BCUT2D eigenvalue weighted by atomic mass is 9.44. The molecule has 0 radical (unpaired) electrons. The van der Waals surface area contributed by atoms with Gasteiger partial charge in [-0.3, -0.25) is 4.79 Å². The SMILES string of the molecule is CC(=O)C12OC1(C)CC1C3CCC4CC(O)CCC4(C)C3CCC12C. The monoisotopic (exact) mass is 346 g/mol. The maximum Gasteiger partial charge on any atom is 0.165 e. The smallest absolute Gasteiger partial charge is 0.165 e. The van der Waals surface area contributed by atoms with E-state index in [4.69, 9.17) is 4.74 Å². The first-order valence-corrected chi connectivity index (χ1v) is 10.6. The zero-order chi connectivity index (χ0) is 17.8. The van der Waals surface area contributed by atoms with Gasteiger partial charge in [-0.25, -0.2) is 0 Å². The van der Waals surface area contributed by atoms with Crippen LogP contribution in [0, 0.1) is 34.5 Å². The highest BCUT2D eigenvalue weighted by Gasteiger charge is 2.85. The number of carbonyl (C=O) groups excluding carboxylic acids is 1. The van der Waals surface area contributed by atoms with Crippen LogP contribution in [0.5, 0.6) is 0 Å². The van der Waals surface area contributed by atoms with Crippen molar-refractivity contribution in [2.24, 2.45) is 34.5 Å². The summed E-state index contributed by atoms with van der Waals surface area (Å²) >= 11 is 0. The Morgan fingerprint density at radius 1 is 1.04 bits per heavy atom. The molecule has 1 saturated heterocycles. The Hall–Kier alpha value is -0.410. The number of aliphatic hydroxyl groups excluding tert-OH is 1. The highest BCUT2D eigenvalue weighted by atomic mass is 16.6. The number of aliphatic hydroxyl groups is 1. The van der Waals surface area contributed by atoms with Crippen molar-refractivity contribution in [3.8, 4) is 0 Å². The van der Waals surface area contributed by atoms with Crippen LogP contribution in [-0.2, 0) is 9.53 Å². The van der Waals surface area contributed by atoms with Crippen LogP contribution in [0.15, 0.2) is 0 Å². The van der Waals surface area contributed by atoms with Crippen LogP contribution >= 0.6 is 0 Å². The Labute approximate surface area is 151 Å². The van der Waals surface area contributed by atoms with Gasteiger partial charge in [0.25, 0.3) is 0 Å². The second-order valence-electron chi connectivity index (χ2n) is 10.8. The van der Waals surface area contributed by atoms with Crippen molar-refractivity contribution < 1.29 is 14.6 Å².